The lowest BCUT2D eigenvalue weighted by atomic mass is 10.1. The molecule has 0 fully saturated rings. The minimum Gasteiger partial charge on any atom is -0.365 e. The summed E-state index contributed by atoms with van der Waals surface area (Å²) < 4.78 is 13.4. The molecule has 0 aliphatic heterocycles. The van der Waals surface area contributed by atoms with E-state index in [1.807, 2.05) is 6.07 Å². The lowest BCUT2D eigenvalue weighted by molar-refractivity contribution is -0.384. The van der Waals surface area contributed by atoms with Gasteiger partial charge < -0.3 is 4.90 Å². The molecule has 0 spiro atoms. The van der Waals surface area contributed by atoms with Crippen LogP contribution < -0.4 is 4.90 Å². The molecule has 1 aromatic rings. The number of nitro benzene ring substituents is 1. The first-order valence-corrected chi connectivity index (χ1v) is 5.49. The molecule has 18 heavy (non-hydrogen) atoms. The molecule has 96 valence electrons. The van der Waals surface area contributed by atoms with E-state index >= 15 is 0 Å². The number of nitro groups is 1. The van der Waals surface area contributed by atoms with Gasteiger partial charge in [0.2, 0.25) is 0 Å². The van der Waals surface area contributed by atoms with Crippen LogP contribution in [-0.4, -0.2) is 18.0 Å². The molecule has 1 aromatic carbocycles. The predicted octanol–water partition coefficient (Wildman–Crippen LogP) is 3.13. The standard InChI is InChI=1S/C11H11ClFN3O2/c1-7(3-4-14)15(2)10-6-9(13)8(12)5-11(10)16(17)18/h5-7H,3H2,1-2H3. The fraction of sp³-hybridized carbons (Fsp3) is 0.364. The van der Waals surface area contributed by atoms with Gasteiger partial charge in [-0.25, -0.2) is 4.39 Å². The number of nitriles is 1. The van der Waals surface area contributed by atoms with Crippen LogP contribution in [0.3, 0.4) is 0 Å². The van der Waals surface area contributed by atoms with Crippen molar-refractivity contribution in [3.63, 3.8) is 0 Å². The van der Waals surface area contributed by atoms with Crippen molar-refractivity contribution >= 4 is 23.0 Å². The van der Waals surface area contributed by atoms with Crippen LogP contribution >= 0.6 is 11.6 Å². The minimum atomic E-state index is -0.728. The van der Waals surface area contributed by atoms with E-state index < -0.39 is 10.7 Å². The maximum atomic E-state index is 13.4. The third-order valence-electron chi connectivity index (χ3n) is 2.64. The Morgan fingerprint density at radius 3 is 2.78 bits per heavy atom. The summed E-state index contributed by atoms with van der Waals surface area (Å²) in [4.78, 5) is 11.8. The third-order valence-corrected chi connectivity index (χ3v) is 2.93. The molecule has 1 unspecified atom stereocenters. The molecule has 0 saturated heterocycles. The summed E-state index contributed by atoms with van der Waals surface area (Å²) in [6, 6.07) is 3.67. The average Bonchev–Trinajstić information content (AvgIpc) is 2.31. The number of benzene rings is 1. The Morgan fingerprint density at radius 1 is 1.67 bits per heavy atom. The van der Waals surface area contributed by atoms with Gasteiger partial charge in [0.05, 0.1) is 22.4 Å². The number of nitrogens with zero attached hydrogens (tertiary/aromatic N) is 3. The number of anilines is 1. The Kier molecular flexibility index (Phi) is 4.45. The zero-order valence-electron chi connectivity index (χ0n) is 9.85. The Labute approximate surface area is 109 Å². The molecule has 0 aromatic heterocycles. The molecule has 0 heterocycles. The molecular weight excluding hydrogens is 261 g/mol. The van der Waals surface area contributed by atoms with Crippen molar-refractivity contribution < 1.29 is 9.31 Å². The van der Waals surface area contributed by atoms with E-state index in [9.17, 15) is 14.5 Å². The first-order valence-electron chi connectivity index (χ1n) is 5.11. The van der Waals surface area contributed by atoms with Crippen LogP contribution in [0.15, 0.2) is 12.1 Å². The lowest BCUT2D eigenvalue weighted by Gasteiger charge is -2.24. The van der Waals surface area contributed by atoms with Crippen LogP contribution in [0.5, 0.6) is 0 Å². The third kappa shape index (κ3) is 2.87. The fourth-order valence-electron chi connectivity index (χ4n) is 1.46. The molecule has 0 N–H and O–H groups in total. The predicted molar refractivity (Wildman–Crippen MR) is 66.2 cm³/mol. The summed E-state index contributed by atoms with van der Waals surface area (Å²) >= 11 is 5.52. The highest BCUT2D eigenvalue weighted by Gasteiger charge is 2.23. The van der Waals surface area contributed by atoms with Gasteiger partial charge in [-0.1, -0.05) is 11.6 Å². The van der Waals surface area contributed by atoms with Crippen LogP contribution in [0.2, 0.25) is 5.02 Å². The van der Waals surface area contributed by atoms with Crippen molar-refractivity contribution in [1.82, 2.24) is 0 Å². The second-order valence-electron chi connectivity index (χ2n) is 3.83. The maximum absolute atomic E-state index is 13.4. The van der Waals surface area contributed by atoms with E-state index in [-0.39, 0.29) is 28.9 Å². The van der Waals surface area contributed by atoms with Gasteiger partial charge in [0.25, 0.3) is 5.69 Å². The lowest BCUT2D eigenvalue weighted by Crippen LogP contribution is -2.29. The van der Waals surface area contributed by atoms with Crippen LogP contribution in [0.25, 0.3) is 0 Å². The monoisotopic (exact) mass is 271 g/mol. The highest BCUT2D eigenvalue weighted by Crippen LogP contribution is 2.33. The zero-order valence-corrected chi connectivity index (χ0v) is 10.6. The van der Waals surface area contributed by atoms with Gasteiger partial charge >= 0.3 is 0 Å². The molecule has 0 radical (unpaired) electrons. The van der Waals surface area contributed by atoms with Crippen LogP contribution in [0, 0.1) is 27.3 Å². The van der Waals surface area contributed by atoms with Gasteiger partial charge in [0.15, 0.2) is 0 Å². The van der Waals surface area contributed by atoms with Gasteiger partial charge in [0.1, 0.15) is 11.5 Å². The molecule has 5 nitrogen and oxygen atoms in total. The van der Waals surface area contributed by atoms with E-state index in [1.165, 1.54) is 4.90 Å². The summed E-state index contributed by atoms with van der Waals surface area (Å²) in [6.07, 6.45) is 0.178. The van der Waals surface area contributed by atoms with Crippen LogP contribution in [0.1, 0.15) is 13.3 Å². The molecule has 0 aliphatic carbocycles. The average molecular weight is 272 g/mol. The zero-order chi connectivity index (χ0) is 13.9. The molecular formula is C11H11ClFN3O2. The topological polar surface area (TPSA) is 70.2 Å². The van der Waals surface area contributed by atoms with E-state index in [0.717, 1.165) is 12.1 Å². The summed E-state index contributed by atoms with van der Waals surface area (Å²) in [5.74, 6) is -0.728. The van der Waals surface area contributed by atoms with Crippen molar-refractivity contribution in [2.45, 2.75) is 19.4 Å². The largest absolute Gasteiger partial charge is 0.365 e. The molecule has 1 atom stereocenters. The fourth-order valence-corrected chi connectivity index (χ4v) is 1.62. The van der Waals surface area contributed by atoms with Gasteiger partial charge in [-0.15, -0.1) is 0 Å². The first-order chi connectivity index (χ1) is 8.38. The summed E-state index contributed by atoms with van der Waals surface area (Å²) in [7, 11) is 1.57. The number of rotatable bonds is 4. The van der Waals surface area contributed by atoms with Crippen LogP contribution in [0.4, 0.5) is 15.8 Å². The smallest absolute Gasteiger partial charge is 0.294 e. The quantitative estimate of drug-likeness (QED) is 0.623. The van der Waals surface area contributed by atoms with Crippen molar-refractivity contribution in [3.05, 3.63) is 33.1 Å². The number of hydrogen-bond acceptors (Lipinski definition) is 4. The highest BCUT2D eigenvalue weighted by molar-refractivity contribution is 6.31. The molecule has 7 heteroatoms. The van der Waals surface area contributed by atoms with Crippen molar-refractivity contribution in [1.29, 1.82) is 5.26 Å². The Morgan fingerprint density at radius 2 is 2.28 bits per heavy atom. The van der Waals surface area contributed by atoms with Crippen molar-refractivity contribution in [3.8, 4) is 6.07 Å². The van der Waals surface area contributed by atoms with Crippen molar-refractivity contribution in [2.24, 2.45) is 0 Å². The maximum Gasteiger partial charge on any atom is 0.294 e. The molecule has 0 bridgehead atoms. The normalized spacial score (nSPS) is 11.7. The highest BCUT2D eigenvalue weighted by atomic mass is 35.5. The second kappa shape index (κ2) is 5.65. The number of halogens is 2. The van der Waals surface area contributed by atoms with Crippen LogP contribution in [-0.2, 0) is 0 Å². The van der Waals surface area contributed by atoms with E-state index in [1.54, 1.807) is 14.0 Å². The molecule has 1 rings (SSSR count). The Hall–Kier alpha value is -1.87. The summed E-state index contributed by atoms with van der Waals surface area (Å²) in [5, 5.41) is 19.2. The van der Waals surface area contributed by atoms with E-state index in [0.29, 0.717) is 0 Å². The Bertz CT molecular complexity index is 516. The number of hydrogen-bond donors (Lipinski definition) is 0. The molecule has 0 amide bonds. The summed E-state index contributed by atoms with van der Waals surface area (Å²) in [6.45, 7) is 1.72. The van der Waals surface area contributed by atoms with Gasteiger partial charge in [-0.2, -0.15) is 5.26 Å². The van der Waals surface area contributed by atoms with E-state index in [2.05, 4.69) is 0 Å². The Balaban J connectivity index is 3.26. The minimum absolute atomic E-state index is 0.102. The van der Waals surface area contributed by atoms with Gasteiger partial charge in [-0.3, -0.25) is 10.1 Å². The van der Waals surface area contributed by atoms with Crippen molar-refractivity contribution in [2.75, 3.05) is 11.9 Å². The van der Waals surface area contributed by atoms with E-state index in [4.69, 9.17) is 16.9 Å². The molecule has 0 saturated carbocycles. The summed E-state index contributed by atoms with van der Waals surface area (Å²) in [5.41, 5.74) is -0.182. The van der Waals surface area contributed by atoms with Gasteiger partial charge in [0, 0.05) is 25.2 Å². The first kappa shape index (κ1) is 14.2. The SMILES string of the molecule is CC(CC#N)N(C)c1cc(F)c(Cl)cc1[N+](=O)[O-]. The van der Waals surface area contributed by atoms with Gasteiger partial charge in [-0.05, 0) is 6.92 Å². The molecule has 0 aliphatic rings. The second-order valence-corrected chi connectivity index (χ2v) is 4.24.